The van der Waals surface area contributed by atoms with Crippen molar-refractivity contribution in [3.8, 4) is 5.75 Å². The van der Waals surface area contributed by atoms with E-state index in [1.54, 1.807) is 13.3 Å². The molecule has 0 aliphatic carbocycles. The van der Waals surface area contributed by atoms with E-state index in [-0.39, 0.29) is 0 Å². The fourth-order valence-electron chi connectivity index (χ4n) is 2.93. The molecule has 134 valence electrons. The second-order valence-corrected chi connectivity index (χ2v) is 6.26. The number of hydrogen-bond donors (Lipinski definition) is 2. The van der Waals surface area contributed by atoms with Crippen LogP contribution in [0, 0.1) is 13.8 Å². The van der Waals surface area contributed by atoms with E-state index in [9.17, 15) is 0 Å². The highest BCUT2D eigenvalue weighted by molar-refractivity contribution is 5.58. The summed E-state index contributed by atoms with van der Waals surface area (Å²) >= 11 is 0. The van der Waals surface area contributed by atoms with E-state index in [1.165, 1.54) is 11.1 Å². The van der Waals surface area contributed by atoms with Gasteiger partial charge in [-0.1, -0.05) is 24.3 Å². The molecule has 1 heterocycles. The summed E-state index contributed by atoms with van der Waals surface area (Å²) in [7, 11) is 1.69. The molecule has 1 aromatic heterocycles. The van der Waals surface area contributed by atoms with Crippen LogP contribution in [-0.2, 0) is 6.42 Å². The molecule has 0 amide bonds. The number of aryl methyl sites for hydroxylation is 2. The molecule has 5 heteroatoms. The predicted molar refractivity (Wildman–Crippen MR) is 106 cm³/mol. The zero-order valence-electron chi connectivity index (χ0n) is 15.4. The number of anilines is 3. The normalized spacial score (nSPS) is 10.4. The minimum absolute atomic E-state index is 0.606. The number of aromatic nitrogens is 2. The van der Waals surface area contributed by atoms with Crippen molar-refractivity contribution >= 4 is 17.5 Å². The highest BCUT2D eigenvalue weighted by Crippen LogP contribution is 2.19. The maximum absolute atomic E-state index is 5.38. The SMILES string of the molecule is COc1ccccc1CCNc1nccc(Nc2cc(C)cc(C)c2)n1. The Bertz CT molecular complexity index is 859. The summed E-state index contributed by atoms with van der Waals surface area (Å²) in [6, 6.07) is 16.2. The molecule has 0 saturated carbocycles. The van der Waals surface area contributed by atoms with Crippen LogP contribution in [-0.4, -0.2) is 23.6 Å². The topological polar surface area (TPSA) is 59.1 Å². The van der Waals surface area contributed by atoms with Gasteiger partial charge in [-0.25, -0.2) is 4.98 Å². The summed E-state index contributed by atoms with van der Waals surface area (Å²) in [6.07, 6.45) is 2.59. The largest absolute Gasteiger partial charge is 0.496 e. The van der Waals surface area contributed by atoms with Crippen molar-refractivity contribution in [3.63, 3.8) is 0 Å². The fourth-order valence-corrected chi connectivity index (χ4v) is 2.93. The maximum Gasteiger partial charge on any atom is 0.224 e. The molecule has 0 atom stereocenters. The Morgan fingerprint density at radius 1 is 1.00 bits per heavy atom. The van der Waals surface area contributed by atoms with Crippen LogP contribution in [0.3, 0.4) is 0 Å². The van der Waals surface area contributed by atoms with Gasteiger partial charge in [0.25, 0.3) is 0 Å². The van der Waals surface area contributed by atoms with Gasteiger partial charge >= 0.3 is 0 Å². The number of nitrogens with zero attached hydrogens (tertiary/aromatic N) is 2. The quantitative estimate of drug-likeness (QED) is 0.658. The van der Waals surface area contributed by atoms with Crippen molar-refractivity contribution in [3.05, 3.63) is 71.4 Å². The molecule has 0 aliphatic heterocycles. The summed E-state index contributed by atoms with van der Waals surface area (Å²) in [6.45, 7) is 4.90. The predicted octanol–water partition coefficient (Wildman–Crippen LogP) is 4.50. The average molecular weight is 348 g/mol. The van der Waals surface area contributed by atoms with Gasteiger partial charge in [0.15, 0.2) is 0 Å². The molecular formula is C21H24N4O. The lowest BCUT2D eigenvalue weighted by atomic mass is 10.1. The lowest BCUT2D eigenvalue weighted by molar-refractivity contribution is 0.410. The lowest BCUT2D eigenvalue weighted by Crippen LogP contribution is -2.09. The van der Waals surface area contributed by atoms with Crippen LogP contribution < -0.4 is 15.4 Å². The van der Waals surface area contributed by atoms with Gasteiger partial charge in [-0.2, -0.15) is 4.98 Å². The Balaban J connectivity index is 1.62. The third-order valence-corrected chi connectivity index (χ3v) is 4.02. The van der Waals surface area contributed by atoms with Crippen LogP contribution in [0.1, 0.15) is 16.7 Å². The molecule has 0 spiro atoms. The Hall–Kier alpha value is -3.08. The molecule has 5 nitrogen and oxygen atoms in total. The number of ether oxygens (including phenoxy) is 1. The van der Waals surface area contributed by atoms with Crippen molar-refractivity contribution in [1.82, 2.24) is 9.97 Å². The van der Waals surface area contributed by atoms with Crippen molar-refractivity contribution < 1.29 is 4.74 Å². The number of nitrogens with one attached hydrogen (secondary N) is 2. The third kappa shape index (κ3) is 4.72. The van der Waals surface area contributed by atoms with E-state index >= 15 is 0 Å². The van der Waals surface area contributed by atoms with E-state index < -0.39 is 0 Å². The van der Waals surface area contributed by atoms with Gasteiger partial charge in [-0.05, 0) is 61.2 Å². The van der Waals surface area contributed by atoms with Crippen LogP contribution in [0.5, 0.6) is 5.75 Å². The second-order valence-electron chi connectivity index (χ2n) is 6.26. The first kappa shape index (κ1) is 17.7. The van der Waals surface area contributed by atoms with E-state index in [2.05, 4.69) is 58.7 Å². The highest BCUT2D eigenvalue weighted by Gasteiger charge is 2.04. The number of hydrogen-bond acceptors (Lipinski definition) is 5. The van der Waals surface area contributed by atoms with Gasteiger partial charge < -0.3 is 15.4 Å². The zero-order valence-corrected chi connectivity index (χ0v) is 15.4. The Kier molecular flexibility index (Phi) is 5.69. The molecule has 2 aromatic carbocycles. The molecule has 3 rings (SSSR count). The molecule has 3 aromatic rings. The molecule has 2 N–H and O–H groups in total. The van der Waals surface area contributed by atoms with Gasteiger partial charge in [0.1, 0.15) is 11.6 Å². The van der Waals surface area contributed by atoms with Gasteiger partial charge in [-0.15, -0.1) is 0 Å². The van der Waals surface area contributed by atoms with Crippen molar-refractivity contribution in [1.29, 1.82) is 0 Å². The number of methoxy groups -OCH3 is 1. The lowest BCUT2D eigenvalue weighted by Gasteiger charge is -2.11. The molecule has 0 radical (unpaired) electrons. The minimum atomic E-state index is 0.606. The van der Waals surface area contributed by atoms with Gasteiger partial charge in [0.2, 0.25) is 5.95 Å². The number of para-hydroxylation sites is 1. The maximum atomic E-state index is 5.38. The third-order valence-electron chi connectivity index (χ3n) is 4.02. The Labute approximate surface area is 154 Å². The summed E-state index contributed by atoms with van der Waals surface area (Å²) in [5.41, 5.74) is 4.63. The van der Waals surface area contributed by atoms with E-state index in [1.807, 2.05) is 24.3 Å². The first-order valence-electron chi connectivity index (χ1n) is 8.68. The Morgan fingerprint density at radius 2 is 1.77 bits per heavy atom. The summed E-state index contributed by atoms with van der Waals surface area (Å²) in [5.74, 6) is 2.28. The van der Waals surface area contributed by atoms with Crippen LogP contribution in [0.15, 0.2) is 54.7 Å². The van der Waals surface area contributed by atoms with Crippen molar-refractivity contribution in [2.75, 3.05) is 24.3 Å². The standard InChI is InChI=1S/C21H24N4O/c1-15-12-16(2)14-18(13-15)24-20-9-11-23-21(25-20)22-10-8-17-6-4-5-7-19(17)26-3/h4-7,9,11-14H,8,10H2,1-3H3,(H2,22,23,24,25). The number of rotatable bonds is 7. The monoisotopic (exact) mass is 348 g/mol. The first-order chi connectivity index (χ1) is 12.6. The van der Waals surface area contributed by atoms with Gasteiger partial charge in [0, 0.05) is 18.4 Å². The second kappa shape index (κ2) is 8.34. The Morgan fingerprint density at radius 3 is 2.54 bits per heavy atom. The molecule has 0 bridgehead atoms. The van der Waals surface area contributed by atoms with Crippen LogP contribution in [0.4, 0.5) is 17.5 Å². The molecule has 26 heavy (non-hydrogen) atoms. The van der Waals surface area contributed by atoms with Crippen molar-refractivity contribution in [2.24, 2.45) is 0 Å². The molecule has 0 saturated heterocycles. The number of benzene rings is 2. The van der Waals surface area contributed by atoms with Crippen LogP contribution in [0.2, 0.25) is 0 Å². The minimum Gasteiger partial charge on any atom is -0.496 e. The highest BCUT2D eigenvalue weighted by atomic mass is 16.5. The van der Waals surface area contributed by atoms with Crippen molar-refractivity contribution in [2.45, 2.75) is 20.3 Å². The molecule has 0 aliphatic rings. The van der Waals surface area contributed by atoms with E-state index in [0.29, 0.717) is 5.95 Å². The molecule has 0 fully saturated rings. The summed E-state index contributed by atoms with van der Waals surface area (Å²) in [5, 5.41) is 6.62. The smallest absolute Gasteiger partial charge is 0.224 e. The molecular weight excluding hydrogens is 324 g/mol. The summed E-state index contributed by atoms with van der Waals surface area (Å²) in [4.78, 5) is 8.83. The van der Waals surface area contributed by atoms with Crippen LogP contribution >= 0.6 is 0 Å². The first-order valence-corrected chi connectivity index (χ1v) is 8.68. The average Bonchev–Trinajstić information content (AvgIpc) is 2.61. The van der Waals surface area contributed by atoms with E-state index in [0.717, 1.165) is 35.8 Å². The fraction of sp³-hybridized carbons (Fsp3) is 0.238. The molecule has 0 unspecified atom stereocenters. The van der Waals surface area contributed by atoms with Gasteiger partial charge in [0.05, 0.1) is 7.11 Å². The van der Waals surface area contributed by atoms with E-state index in [4.69, 9.17) is 4.74 Å². The van der Waals surface area contributed by atoms with Crippen LogP contribution in [0.25, 0.3) is 0 Å². The van der Waals surface area contributed by atoms with Gasteiger partial charge in [-0.3, -0.25) is 0 Å². The summed E-state index contributed by atoms with van der Waals surface area (Å²) < 4.78 is 5.38. The zero-order chi connectivity index (χ0) is 18.4.